The Morgan fingerprint density at radius 2 is 2.44 bits per heavy atom. The zero-order valence-corrected chi connectivity index (χ0v) is 9.79. The molecule has 1 N–H and O–H groups in total. The van der Waals surface area contributed by atoms with Crippen LogP contribution in [0.15, 0.2) is 10.9 Å². The average molecular weight is 239 g/mol. The molecule has 0 bridgehead atoms. The molecule has 86 valence electrons. The van der Waals surface area contributed by atoms with Crippen molar-refractivity contribution in [3.63, 3.8) is 0 Å². The maximum absolute atomic E-state index is 11.9. The number of rotatable bonds is 2. The highest BCUT2D eigenvalue weighted by Gasteiger charge is 2.31. The standard InChI is InChI=1S/C10H13N3O2S/c1-11-9(14)7-2-3-13(4-7)10(15)8-5-16-6-12-8/h5-7H,2-4H2,1H3,(H,11,14). The fourth-order valence-corrected chi connectivity index (χ4v) is 2.37. The van der Waals surface area contributed by atoms with E-state index in [2.05, 4.69) is 10.3 Å². The van der Waals surface area contributed by atoms with E-state index in [1.54, 1.807) is 22.8 Å². The number of hydrogen-bond acceptors (Lipinski definition) is 4. The number of aromatic nitrogens is 1. The maximum atomic E-state index is 11.9. The number of likely N-dealkylation sites (tertiary alicyclic amines) is 1. The van der Waals surface area contributed by atoms with E-state index in [0.717, 1.165) is 6.42 Å². The molecule has 1 aromatic heterocycles. The summed E-state index contributed by atoms with van der Waals surface area (Å²) in [5.74, 6) is -0.145. The SMILES string of the molecule is CNC(=O)C1CCN(C(=O)c2cscn2)C1. The summed E-state index contributed by atoms with van der Waals surface area (Å²) in [5.41, 5.74) is 2.11. The minimum atomic E-state index is -0.0763. The molecule has 1 unspecified atom stereocenters. The predicted molar refractivity (Wildman–Crippen MR) is 60.2 cm³/mol. The van der Waals surface area contributed by atoms with Gasteiger partial charge in [-0.05, 0) is 6.42 Å². The molecular formula is C10H13N3O2S. The molecule has 1 fully saturated rings. The molecule has 1 aromatic rings. The number of thiazole rings is 1. The van der Waals surface area contributed by atoms with Gasteiger partial charge in [0, 0.05) is 25.5 Å². The van der Waals surface area contributed by atoms with Crippen molar-refractivity contribution >= 4 is 23.2 Å². The molecule has 0 spiro atoms. The third-order valence-electron chi connectivity index (χ3n) is 2.74. The van der Waals surface area contributed by atoms with Crippen LogP contribution in [0.3, 0.4) is 0 Å². The summed E-state index contributed by atoms with van der Waals surface area (Å²) in [6.07, 6.45) is 0.732. The second-order valence-electron chi connectivity index (χ2n) is 3.72. The molecule has 16 heavy (non-hydrogen) atoms. The minimum Gasteiger partial charge on any atom is -0.359 e. The summed E-state index contributed by atoms with van der Waals surface area (Å²) >= 11 is 1.40. The molecule has 1 atom stereocenters. The van der Waals surface area contributed by atoms with Gasteiger partial charge in [-0.1, -0.05) is 0 Å². The van der Waals surface area contributed by atoms with Crippen LogP contribution in [0.2, 0.25) is 0 Å². The van der Waals surface area contributed by atoms with Gasteiger partial charge >= 0.3 is 0 Å². The molecular weight excluding hydrogens is 226 g/mol. The molecule has 2 amide bonds. The molecule has 2 rings (SSSR count). The van der Waals surface area contributed by atoms with Gasteiger partial charge in [-0.2, -0.15) is 0 Å². The first-order chi connectivity index (χ1) is 7.72. The van der Waals surface area contributed by atoms with Crippen molar-refractivity contribution in [3.05, 3.63) is 16.6 Å². The minimum absolute atomic E-state index is 0.00794. The lowest BCUT2D eigenvalue weighted by Gasteiger charge is -2.14. The van der Waals surface area contributed by atoms with Crippen molar-refractivity contribution in [1.29, 1.82) is 0 Å². The molecule has 1 aliphatic rings. The number of nitrogens with one attached hydrogen (secondary N) is 1. The molecule has 1 saturated heterocycles. The van der Waals surface area contributed by atoms with E-state index in [-0.39, 0.29) is 17.7 Å². The van der Waals surface area contributed by atoms with Crippen LogP contribution in [0, 0.1) is 5.92 Å². The monoisotopic (exact) mass is 239 g/mol. The summed E-state index contributed by atoms with van der Waals surface area (Å²) in [4.78, 5) is 29.0. The van der Waals surface area contributed by atoms with Gasteiger partial charge in [0.15, 0.2) is 0 Å². The highest BCUT2D eigenvalue weighted by atomic mass is 32.1. The van der Waals surface area contributed by atoms with Gasteiger partial charge < -0.3 is 10.2 Å². The molecule has 0 aliphatic carbocycles. The Labute approximate surface area is 97.5 Å². The number of nitrogens with zero attached hydrogens (tertiary/aromatic N) is 2. The summed E-state index contributed by atoms with van der Waals surface area (Å²) < 4.78 is 0. The van der Waals surface area contributed by atoms with Crippen molar-refractivity contribution in [2.24, 2.45) is 5.92 Å². The van der Waals surface area contributed by atoms with E-state index in [0.29, 0.717) is 18.8 Å². The first kappa shape index (κ1) is 11.1. The third kappa shape index (κ3) is 2.06. The lowest BCUT2D eigenvalue weighted by molar-refractivity contribution is -0.124. The lowest BCUT2D eigenvalue weighted by atomic mass is 10.1. The topological polar surface area (TPSA) is 62.3 Å². The van der Waals surface area contributed by atoms with Crippen molar-refractivity contribution in [2.45, 2.75) is 6.42 Å². The number of carbonyl (C=O) groups excluding carboxylic acids is 2. The maximum Gasteiger partial charge on any atom is 0.273 e. The van der Waals surface area contributed by atoms with Crippen LogP contribution in [0.4, 0.5) is 0 Å². The first-order valence-electron chi connectivity index (χ1n) is 5.11. The van der Waals surface area contributed by atoms with Gasteiger partial charge in [-0.15, -0.1) is 11.3 Å². The van der Waals surface area contributed by atoms with Crippen LogP contribution in [-0.4, -0.2) is 41.8 Å². The Kier molecular flexibility index (Phi) is 3.19. The Morgan fingerprint density at radius 3 is 3.06 bits per heavy atom. The van der Waals surface area contributed by atoms with Crippen LogP contribution >= 0.6 is 11.3 Å². The molecule has 1 aliphatic heterocycles. The lowest BCUT2D eigenvalue weighted by Crippen LogP contribution is -2.33. The van der Waals surface area contributed by atoms with Crippen LogP contribution in [0.5, 0.6) is 0 Å². The zero-order valence-electron chi connectivity index (χ0n) is 8.97. The Hall–Kier alpha value is -1.43. The fraction of sp³-hybridized carbons (Fsp3) is 0.500. The van der Waals surface area contributed by atoms with Crippen LogP contribution in [-0.2, 0) is 4.79 Å². The van der Waals surface area contributed by atoms with Crippen LogP contribution in [0.1, 0.15) is 16.9 Å². The summed E-state index contributed by atoms with van der Waals surface area (Å²) in [7, 11) is 1.62. The highest BCUT2D eigenvalue weighted by Crippen LogP contribution is 2.18. The van der Waals surface area contributed by atoms with E-state index in [1.165, 1.54) is 11.3 Å². The summed E-state index contributed by atoms with van der Waals surface area (Å²) in [6, 6.07) is 0. The van der Waals surface area contributed by atoms with Gasteiger partial charge in [-0.3, -0.25) is 9.59 Å². The normalized spacial score (nSPS) is 19.8. The van der Waals surface area contributed by atoms with Gasteiger partial charge in [0.05, 0.1) is 11.4 Å². The van der Waals surface area contributed by atoms with Crippen LogP contribution in [0.25, 0.3) is 0 Å². The third-order valence-corrected chi connectivity index (χ3v) is 3.33. The molecule has 2 heterocycles. The van der Waals surface area contributed by atoms with Gasteiger partial charge in [0.2, 0.25) is 5.91 Å². The van der Waals surface area contributed by atoms with E-state index >= 15 is 0 Å². The number of hydrogen-bond donors (Lipinski definition) is 1. The number of carbonyl (C=O) groups is 2. The van der Waals surface area contributed by atoms with E-state index in [9.17, 15) is 9.59 Å². The van der Waals surface area contributed by atoms with E-state index in [1.807, 2.05) is 0 Å². The van der Waals surface area contributed by atoms with Crippen LogP contribution < -0.4 is 5.32 Å². The molecule has 0 radical (unpaired) electrons. The smallest absolute Gasteiger partial charge is 0.273 e. The largest absolute Gasteiger partial charge is 0.359 e. The van der Waals surface area contributed by atoms with Crippen molar-refractivity contribution in [1.82, 2.24) is 15.2 Å². The molecule has 0 saturated carbocycles. The van der Waals surface area contributed by atoms with E-state index in [4.69, 9.17) is 0 Å². The second-order valence-corrected chi connectivity index (χ2v) is 4.44. The Morgan fingerprint density at radius 1 is 1.62 bits per heavy atom. The quantitative estimate of drug-likeness (QED) is 0.810. The van der Waals surface area contributed by atoms with Crippen molar-refractivity contribution < 1.29 is 9.59 Å². The molecule has 0 aromatic carbocycles. The number of amides is 2. The molecule has 5 nitrogen and oxygen atoms in total. The van der Waals surface area contributed by atoms with Gasteiger partial charge in [-0.25, -0.2) is 4.98 Å². The van der Waals surface area contributed by atoms with Gasteiger partial charge in [0.1, 0.15) is 5.69 Å². The zero-order chi connectivity index (χ0) is 11.5. The second kappa shape index (κ2) is 4.61. The highest BCUT2D eigenvalue weighted by molar-refractivity contribution is 7.07. The van der Waals surface area contributed by atoms with Crippen molar-refractivity contribution in [2.75, 3.05) is 20.1 Å². The Bertz CT molecular complexity index is 391. The molecule has 6 heteroatoms. The summed E-state index contributed by atoms with van der Waals surface area (Å²) in [5, 5.41) is 4.34. The summed E-state index contributed by atoms with van der Waals surface area (Å²) in [6.45, 7) is 1.13. The fourth-order valence-electron chi connectivity index (χ4n) is 1.84. The first-order valence-corrected chi connectivity index (χ1v) is 6.05. The Balaban J connectivity index is 1.99. The van der Waals surface area contributed by atoms with Crippen molar-refractivity contribution in [3.8, 4) is 0 Å². The average Bonchev–Trinajstić information content (AvgIpc) is 2.97. The van der Waals surface area contributed by atoms with Gasteiger partial charge in [0.25, 0.3) is 5.91 Å². The predicted octanol–water partition coefficient (Wildman–Crippen LogP) is 0.351. The van der Waals surface area contributed by atoms with E-state index < -0.39 is 0 Å².